The van der Waals surface area contributed by atoms with E-state index in [1.54, 1.807) is 4.90 Å². The van der Waals surface area contributed by atoms with Crippen LogP contribution in [0.2, 0.25) is 0 Å². The van der Waals surface area contributed by atoms with Gasteiger partial charge in [0.2, 0.25) is 5.91 Å². The molecule has 0 spiro atoms. The number of halogens is 3. The highest BCUT2D eigenvalue weighted by molar-refractivity contribution is 5.76. The summed E-state index contributed by atoms with van der Waals surface area (Å²) in [5.74, 6) is 0.376. The fourth-order valence-electron chi connectivity index (χ4n) is 3.18. The van der Waals surface area contributed by atoms with Gasteiger partial charge in [0.05, 0.1) is 13.0 Å². The molecule has 21 heavy (non-hydrogen) atoms. The Labute approximate surface area is 123 Å². The Kier molecular flexibility index (Phi) is 5.87. The fraction of sp³-hybridized carbons (Fsp3) is 0.929. The van der Waals surface area contributed by atoms with Crippen LogP contribution in [0.4, 0.5) is 13.2 Å². The van der Waals surface area contributed by atoms with E-state index in [9.17, 15) is 18.0 Å². The molecule has 4 nitrogen and oxygen atoms in total. The molecule has 2 atom stereocenters. The summed E-state index contributed by atoms with van der Waals surface area (Å²) in [7, 11) is 0. The average molecular weight is 308 g/mol. The molecular weight excluding hydrogens is 285 g/mol. The van der Waals surface area contributed by atoms with Crippen molar-refractivity contribution in [2.24, 2.45) is 5.92 Å². The monoisotopic (exact) mass is 308 g/mol. The number of hydrogen-bond acceptors (Lipinski definition) is 3. The zero-order valence-corrected chi connectivity index (χ0v) is 12.1. The van der Waals surface area contributed by atoms with Crippen molar-refractivity contribution in [2.75, 3.05) is 32.8 Å². The summed E-state index contributed by atoms with van der Waals surface area (Å²) in [5, 5.41) is 3.47. The number of hydrogen-bond donors (Lipinski definition) is 1. The second kappa shape index (κ2) is 7.45. The molecular formula is C14H23F3N2O2. The quantitative estimate of drug-likeness (QED) is 0.789. The SMILES string of the molecule is O=C(CCOCC(F)(F)F)N1CCCC(C2CCCN2)C1. The van der Waals surface area contributed by atoms with Crippen LogP contribution < -0.4 is 5.32 Å². The predicted molar refractivity (Wildman–Crippen MR) is 71.8 cm³/mol. The van der Waals surface area contributed by atoms with Crippen molar-refractivity contribution < 1.29 is 22.7 Å². The standard InChI is InChI=1S/C14H23F3N2O2/c15-14(16,17)10-21-8-5-13(20)19-7-2-3-11(9-19)12-4-1-6-18-12/h11-12,18H,1-10H2. The molecule has 0 aliphatic carbocycles. The number of nitrogens with one attached hydrogen (secondary N) is 1. The van der Waals surface area contributed by atoms with Crippen molar-refractivity contribution >= 4 is 5.91 Å². The molecule has 0 aromatic carbocycles. The Bertz CT molecular complexity index is 344. The molecule has 7 heteroatoms. The number of likely N-dealkylation sites (tertiary alicyclic amines) is 1. The van der Waals surface area contributed by atoms with Gasteiger partial charge < -0.3 is 15.0 Å². The van der Waals surface area contributed by atoms with Crippen LogP contribution in [-0.4, -0.2) is 55.9 Å². The Morgan fingerprint density at radius 3 is 2.76 bits per heavy atom. The van der Waals surface area contributed by atoms with E-state index in [2.05, 4.69) is 10.1 Å². The van der Waals surface area contributed by atoms with Gasteiger partial charge in [0.1, 0.15) is 6.61 Å². The van der Waals surface area contributed by atoms with E-state index in [0.717, 1.165) is 32.4 Å². The summed E-state index contributed by atoms with van der Waals surface area (Å²) in [6, 6.07) is 0.488. The zero-order valence-electron chi connectivity index (χ0n) is 12.1. The van der Waals surface area contributed by atoms with Gasteiger partial charge in [-0.2, -0.15) is 13.2 Å². The van der Waals surface area contributed by atoms with Crippen molar-refractivity contribution in [3.63, 3.8) is 0 Å². The van der Waals surface area contributed by atoms with Gasteiger partial charge in [0.25, 0.3) is 0 Å². The lowest BCUT2D eigenvalue weighted by Crippen LogP contribution is -2.46. The smallest absolute Gasteiger partial charge is 0.372 e. The molecule has 2 unspecified atom stereocenters. The van der Waals surface area contributed by atoms with Crippen LogP contribution in [0.5, 0.6) is 0 Å². The first-order valence-corrected chi connectivity index (χ1v) is 7.61. The summed E-state index contributed by atoms with van der Waals surface area (Å²) in [6.45, 7) is 1.02. The number of amides is 1. The van der Waals surface area contributed by atoms with E-state index in [0.29, 0.717) is 18.5 Å². The highest BCUT2D eigenvalue weighted by Gasteiger charge is 2.31. The maximum absolute atomic E-state index is 12.0. The minimum atomic E-state index is -4.33. The lowest BCUT2D eigenvalue weighted by atomic mass is 9.89. The minimum absolute atomic E-state index is 0.0287. The minimum Gasteiger partial charge on any atom is -0.372 e. The van der Waals surface area contributed by atoms with Crippen LogP contribution in [0.3, 0.4) is 0 Å². The number of ether oxygens (including phenoxy) is 1. The molecule has 2 fully saturated rings. The molecule has 0 radical (unpaired) electrons. The van der Waals surface area contributed by atoms with Crippen LogP contribution in [0, 0.1) is 5.92 Å². The van der Waals surface area contributed by atoms with E-state index in [-0.39, 0.29) is 18.9 Å². The molecule has 1 N–H and O–H groups in total. The summed E-state index contributed by atoms with van der Waals surface area (Å²) in [5.41, 5.74) is 0. The number of rotatable bonds is 5. The Hall–Kier alpha value is -0.820. The number of alkyl halides is 3. The number of piperidine rings is 1. The Morgan fingerprint density at radius 1 is 1.29 bits per heavy atom. The van der Waals surface area contributed by atoms with E-state index in [4.69, 9.17) is 0 Å². The van der Waals surface area contributed by atoms with E-state index < -0.39 is 12.8 Å². The molecule has 0 saturated carbocycles. The zero-order chi connectivity index (χ0) is 15.3. The highest BCUT2D eigenvalue weighted by Crippen LogP contribution is 2.25. The number of carbonyl (C=O) groups excluding carboxylic acids is 1. The maximum atomic E-state index is 12.0. The van der Waals surface area contributed by atoms with Crippen molar-refractivity contribution in [2.45, 2.75) is 44.3 Å². The third kappa shape index (κ3) is 5.47. The predicted octanol–water partition coefficient (Wildman–Crippen LogP) is 1.95. The van der Waals surface area contributed by atoms with Gasteiger partial charge in [-0.05, 0) is 38.1 Å². The largest absolute Gasteiger partial charge is 0.411 e. The highest BCUT2D eigenvalue weighted by atomic mass is 19.4. The Morgan fingerprint density at radius 2 is 2.10 bits per heavy atom. The van der Waals surface area contributed by atoms with Crippen LogP contribution in [0.15, 0.2) is 0 Å². The second-order valence-electron chi connectivity index (χ2n) is 5.86. The van der Waals surface area contributed by atoms with E-state index in [1.807, 2.05) is 0 Å². The molecule has 0 aromatic heterocycles. The molecule has 0 bridgehead atoms. The lowest BCUT2D eigenvalue weighted by Gasteiger charge is -2.36. The van der Waals surface area contributed by atoms with Gasteiger partial charge in [0.15, 0.2) is 0 Å². The van der Waals surface area contributed by atoms with Crippen molar-refractivity contribution in [3.8, 4) is 0 Å². The van der Waals surface area contributed by atoms with Gasteiger partial charge in [-0.15, -0.1) is 0 Å². The Balaban J connectivity index is 1.69. The summed E-state index contributed by atoms with van der Waals surface area (Å²) >= 11 is 0. The van der Waals surface area contributed by atoms with E-state index >= 15 is 0 Å². The molecule has 0 aromatic rings. The molecule has 2 saturated heterocycles. The van der Waals surface area contributed by atoms with Crippen LogP contribution in [0.25, 0.3) is 0 Å². The maximum Gasteiger partial charge on any atom is 0.411 e. The normalized spacial score (nSPS) is 27.1. The van der Waals surface area contributed by atoms with Gasteiger partial charge >= 0.3 is 6.18 Å². The van der Waals surface area contributed by atoms with E-state index in [1.165, 1.54) is 6.42 Å². The van der Waals surface area contributed by atoms with Gasteiger partial charge in [0, 0.05) is 19.1 Å². The number of carbonyl (C=O) groups is 1. The topological polar surface area (TPSA) is 41.6 Å². The first kappa shape index (κ1) is 16.5. The fourth-order valence-corrected chi connectivity index (χ4v) is 3.18. The van der Waals surface area contributed by atoms with Crippen LogP contribution in [0.1, 0.15) is 32.1 Å². The first-order chi connectivity index (χ1) is 9.96. The molecule has 2 rings (SSSR count). The van der Waals surface area contributed by atoms with Crippen LogP contribution >= 0.6 is 0 Å². The summed E-state index contributed by atoms with van der Waals surface area (Å²) in [6.07, 6.45) is 0.125. The second-order valence-corrected chi connectivity index (χ2v) is 5.86. The third-order valence-electron chi connectivity index (χ3n) is 4.20. The average Bonchev–Trinajstić information content (AvgIpc) is 2.96. The van der Waals surface area contributed by atoms with Crippen molar-refractivity contribution in [1.29, 1.82) is 0 Å². The van der Waals surface area contributed by atoms with Gasteiger partial charge in [-0.25, -0.2) is 0 Å². The molecule has 2 heterocycles. The molecule has 2 aliphatic rings. The third-order valence-corrected chi connectivity index (χ3v) is 4.20. The number of nitrogens with zero attached hydrogens (tertiary/aromatic N) is 1. The first-order valence-electron chi connectivity index (χ1n) is 7.61. The lowest BCUT2D eigenvalue weighted by molar-refractivity contribution is -0.175. The van der Waals surface area contributed by atoms with Crippen LogP contribution in [-0.2, 0) is 9.53 Å². The van der Waals surface area contributed by atoms with Crippen molar-refractivity contribution in [3.05, 3.63) is 0 Å². The molecule has 122 valence electrons. The van der Waals surface area contributed by atoms with Gasteiger partial charge in [-0.1, -0.05) is 0 Å². The summed E-state index contributed by atoms with van der Waals surface area (Å²) < 4.78 is 40.3. The van der Waals surface area contributed by atoms with Gasteiger partial charge in [-0.3, -0.25) is 4.79 Å². The molecule has 2 aliphatic heterocycles. The van der Waals surface area contributed by atoms with Crippen molar-refractivity contribution in [1.82, 2.24) is 10.2 Å². The molecule has 1 amide bonds. The summed E-state index contributed by atoms with van der Waals surface area (Å²) in [4.78, 5) is 13.8.